The maximum atomic E-state index is 12.9. The van der Waals surface area contributed by atoms with Crippen molar-refractivity contribution in [3.05, 3.63) is 54.4 Å². The van der Waals surface area contributed by atoms with Crippen molar-refractivity contribution in [1.82, 2.24) is 5.32 Å². The molecule has 0 unspecified atom stereocenters. The minimum atomic E-state index is -0.482. The Bertz CT molecular complexity index is 1000. The number of benzene rings is 1. The van der Waals surface area contributed by atoms with Crippen molar-refractivity contribution in [3.8, 4) is 0 Å². The summed E-state index contributed by atoms with van der Waals surface area (Å²) in [6, 6.07) is 4.93. The van der Waals surface area contributed by atoms with E-state index in [9.17, 15) is 14.9 Å². The van der Waals surface area contributed by atoms with Crippen LogP contribution in [0.2, 0.25) is 0 Å². The molecule has 1 aliphatic heterocycles. The second kappa shape index (κ2) is 7.40. The molecular weight excluding hydrogens is 454 g/mol. The number of rotatable bonds is 4. The SMILES string of the molecule is CCC(C)(C)[C@H]1CCc2c(sc3c2C(=O)N[C@H](c2ccc(Br)c([N+](=O)[O-])c2)N3)C1. The van der Waals surface area contributed by atoms with Gasteiger partial charge in [0, 0.05) is 16.5 Å². The molecule has 2 aliphatic rings. The molecule has 0 saturated heterocycles. The van der Waals surface area contributed by atoms with Gasteiger partial charge in [0.05, 0.1) is 15.0 Å². The zero-order chi connectivity index (χ0) is 20.9. The largest absolute Gasteiger partial charge is 0.353 e. The lowest BCUT2D eigenvalue weighted by molar-refractivity contribution is -0.385. The molecule has 1 aromatic carbocycles. The molecule has 29 heavy (non-hydrogen) atoms. The Morgan fingerprint density at radius 2 is 2.10 bits per heavy atom. The zero-order valence-electron chi connectivity index (χ0n) is 16.7. The van der Waals surface area contributed by atoms with Crippen LogP contribution in [0, 0.1) is 21.4 Å². The normalized spacial score (nSPS) is 21.0. The first-order chi connectivity index (χ1) is 13.7. The first-order valence-corrected chi connectivity index (χ1v) is 11.5. The predicted molar refractivity (Wildman–Crippen MR) is 119 cm³/mol. The fourth-order valence-electron chi connectivity index (χ4n) is 4.27. The Balaban J connectivity index is 1.64. The molecule has 8 heteroatoms. The van der Waals surface area contributed by atoms with Crippen molar-refractivity contribution in [3.63, 3.8) is 0 Å². The molecule has 0 spiro atoms. The molecule has 0 bridgehead atoms. The van der Waals surface area contributed by atoms with E-state index in [4.69, 9.17) is 0 Å². The third-order valence-corrected chi connectivity index (χ3v) is 8.42. The number of nitrogens with one attached hydrogen (secondary N) is 2. The molecule has 2 heterocycles. The molecule has 0 radical (unpaired) electrons. The highest BCUT2D eigenvalue weighted by molar-refractivity contribution is 9.10. The lowest BCUT2D eigenvalue weighted by Crippen LogP contribution is -2.38. The molecular formula is C21H24BrN3O3S. The van der Waals surface area contributed by atoms with Crippen LogP contribution < -0.4 is 10.6 Å². The highest BCUT2D eigenvalue weighted by Crippen LogP contribution is 2.47. The quantitative estimate of drug-likeness (QED) is 0.429. The number of hydrogen-bond donors (Lipinski definition) is 2. The second-order valence-corrected chi connectivity index (χ2v) is 10.5. The van der Waals surface area contributed by atoms with Crippen LogP contribution in [-0.2, 0) is 12.8 Å². The Labute approximate surface area is 182 Å². The number of carbonyl (C=O) groups excluding carboxylic acids is 1. The van der Waals surface area contributed by atoms with E-state index in [0.29, 0.717) is 16.0 Å². The smallest absolute Gasteiger partial charge is 0.283 e. The number of thiophene rings is 1. The molecule has 0 fully saturated rings. The molecule has 1 aromatic heterocycles. The summed E-state index contributed by atoms with van der Waals surface area (Å²) in [5.74, 6) is 0.521. The fourth-order valence-corrected chi connectivity index (χ4v) is 6.01. The van der Waals surface area contributed by atoms with Crippen LogP contribution in [0.5, 0.6) is 0 Å². The van der Waals surface area contributed by atoms with Gasteiger partial charge in [0.15, 0.2) is 0 Å². The van der Waals surface area contributed by atoms with Gasteiger partial charge in [-0.1, -0.05) is 33.3 Å². The number of nitro groups is 1. The molecule has 2 N–H and O–H groups in total. The summed E-state index contributed by atoms with van der Waals surface area (Å²) in [6.45, 7) is 6.90. The molecule has 6 nitrogen and oxygen atoms in total. The molecule has 1 amide bonds. The molecule has 154 valence electrons. The number of nitro benzene ring substituents is 1. The van der Waals surface area contributed by atoms with Crippen molar-refractivity contribution in [2.75, 3.05) is 5.32 Å². The Morgan fingerprint density at radius 1 is 1.34 bits per heavy atom. The zero-order valence-corrected chi connectivity index (χ0v) is 19.1. The lowest BCUT2D eigenvalue weighted by Gasteiger charge is -2.36. The van der Waals surface area contributed by atoms with Gasteiger partial charge in [0.2, 0.25) is 0 Å². The van der Waals surface area contributed by atoms with Crippen LogP contribution in [0.4, 0.5) is 10.7 Å². The van der Waals surface area contributed by atoms with E-state index in [1.54, 1.807) is 23.5 Å². The summed E-state index contributed by atoms with van der Waals surface area (Å²) < 4.78 is 0.422. The van der Waals surface area contributed by atoms with Gasteiger partial charge in [-0.25, -0.2) is 0 Å². The van der Waals surface area contributed by atoms with Crippen LogP contribution in [0.25, 0.3) is 0 Å². The highest BCUT2D eigenvalue weighted by atomic mass is 79.9. The van der Waals surface area contributed by atoms with E-state index in [1.807, 2.05) is 0 Å². The number of anilines is 1. The van der Waals surface area contributed by atoms with Gasteiger partial charge in [-0.05, 0) is 58.2 Å². The molecule has 0 saturated carbocycles. The van der Waals surface area contributed by atoms with Gasteiger partial charge in [-0.3, -0.25) is 14.9 Å². The molecule has 1 aliphatic carbocycles. The van der Waals surface area contributed by atoms with E-state index in [2.05, 4.69) is 47.3 Å². The van der Waals surface area contributed by atoms with Crippen LogP contribution in [0.3, 0.4) is 0 Å². The number of carbonyl (C=O) groups is 1. The van der Waals surface area contributed by atoms with Crippen LogP contribution >= 0.6 is 27.3 Å². The first kappa shape index (κ1) is 20.3. The summed E-state index contributed by atoms with van der Waals surface area (Å²) in [4.78, 5) is 25.1. The van der Waals surface area contributed by atoms with Crippen molar-refractivity contribution < 1.29 is 9.72 Å². The topological polar surface area (TPSA) is 84.3 Å². The molecule has 4 rings (SSSR count). The van der Waals surface area contributed by atoms with Crippen LogP contribution in [0.15, 0.2) is 22.7 Å². The standard InChI is InChI=1S/C21H24BrN3O3S/c1-4-21(2,3)12-6-7-13-16(10-12)29-20-17(13)19(26)23-18(24-20)11-5-8-14(22)15(9-11)25(27)28/h5,8-9,12,18,24H,4,6-7,10H2,1-3H3,(H,23,26)/t12-,18-/m0/s1. The lowest BCUT2D eigenvalue weighted by atomic mass is 9.69. The van der Waals surface area contributed by atoms with E-state index in [1.165, 1.54) is 16.5 Å². The van der Waals surface area contributed by atoms with Gasteiger partial charge in [-0.2, -0.15) is 0 Å². The van der Waals surface area contributed by atoms with Crippen molar-refractivity contribution >= 4 is 43.9 Å². The Hall–Kier alpha value is -1.93. The summed E-state index contributed by atoms with van der Waals surface area (Å²) >= 11 is 4.88. The summed E-state index contributed by atoms with van der Waals surface area (Å²) in [5.41, 5.74) is 2.88. The highest BCUT2D eigenvalue weighted by Gasteiger charge is 2.37. The summed E-state index contributed by atoms with van der Waals surface area (Å²) in [7, 11) is 0. The first-order valence-electron chi connectivity index (χ1n) is 9.87. The minimum Gasteiger partial charge on any atom is -0.353 e. The van der Waals surface area contributed by atoms with Crippen molar-refractivity contribution in [2.45, 2.75) is 52.6 Å². The van der Waals surface area contributed by atoms with Gasteiger partial charge in [0.1, 0.15) is 11.2 Å². The Morgan fingerprint density at radius 3 is 2.79 bits per heavy atom. The number of hydrogen-bond acceptors (Lipinski definition) is 5. The maximum absolute atomic E-state index is 12.9. The average Bonchev–Trinajstić information content (AvgIpc) is 3.06. The summed E-state index contributed by atoms with van der Waals surface area (Å²) in [5, 5.41) is 18.5. The van der Waals surface area contributed by atoms with Gasteiger partial charge >= 0.3 is 0 Å². The number of fused-ring (bicyclic) bond motifs is 3. The van der Waals surface area contributed by atoms with E-state index >= 15 is 0 Å². The number of halogens is 1. The molecule has 2 aromatic rings. The van der Waals surface area contributed by atoms with E-state index in [0.717, 1.165) is 36.2 Å². The van der Waals surface area contributed by atoms with Crippen LogP contribution in [-0.4, -0.2) is 10.8 Å². The van der Waals surface area contributed by atoms with Crippen molar-refractivity contribution in [2.24, 2.45) is 11.3 Å². The van der Waals surface area contributed by atoms with Crippen molar-refractivity contribution in [1.29, 1.82) is 0 Å². The van der Waals surface area contributed by atoms with Gasteiger partial charge in [-0.15, -0.1) is 11.3 Å². The van der Waals surface area contributed by atoms with E-state index in [-0.39, 0.29) is 17.0 Å². The average molecular weight is 478 g/mol. The number of amides is 1. The number of nitrogens with zero attached hydrogens (tertiary/aromatic N) is 1. The molecule has 2 atom stereocenters. The second-order valence-electron chi connectivity index (χ2n) is 8.51. The maximum Gasteiger partial charge on any atom is 0.283 e. The Kier molecular flexibility index (Phi) is 5.19. The third kappa shape index (κ3) is 3.57. The minimum absolute atomic E-state index is 0.0144. The third-order valence-electron chi connectivity index (χ3n) is 6.56. The van der Waals surface area contributed by atoms with Gasteiger partial charge < -0.3 is 10.6 Å². The predicted octanol–water partition coefficient (Wildman–Crippen LogP) is 5.81. The fraction of sp³-hybridized carbons (Fsp3) is 0.476. The van der Waals surface area contributed by atoms with E-state index < -0.39 is 11.1 Å². The monoisotopic (exact) mass is 477 g/mol. The summed E-state index contributed by atoms with van der Waals surface area (Å²) in [6.07, 6.45) is 3.70. The van der Waals surface area contributed by atoms with Gasteiger partial charge in [0.25, 0.3) is 11.6 Å². The van der Waals surface area contributed by atoms with Crippen LogP contribution in [0.1, 0.15) is 66.1 Å².